The highest BCUT2D eigenvalue weighted by Crippen LogP contribution is 2.31. The van der Waals surface area contributed by atoms with Gasteiger partial charge in [-0.2, -0.15) is 5.10 Å². The molecular formula is C24H32N8O2S. The van der Waals surface area contributed by atoms with Gasteiger partial charge in [0, 0.05) is 61.6 Å². The Bertz CT molecular complexity index is 1160. The minimum Gasteiger partial charge on any atom is -0.399 e. The van der Waals surface area contributed by atoms with Crippen LogP contribution in [0.5, 0.6) is 0 Å². The van der Waals surface area contributed by atoms with E-state index < -0.39 is 0 Å². The quantitative estimate of drug-likeness (QED) is 0.425. The summed E-state index contributed by atoms with van der Waals surface area (Å²) in [5.74, 6) is -0.264. The number of hydrogen-bond acceptors (Lipinski definition) is 9. The molecule has 2 aliphatic heterocycles. The van der Waals surface area contributed by atoms with Crippen LogP contribution in [0.3, 0.4) is 0 Å². The lowest BCUT2D eigenvalue weighted by Crippen LogP contribution is -2.43. The molecule has 1 amide bonds. The smallest absolute Gasteiger partial charge is 0.275 e. The lowest BCUT2D eigenvalue weighted by molar-refractivity contribution is 0.0360. The molecule has 11 heteroatoms. The van der Waals surface area contributed by atoms with Crippen molar-refractivity contribution in [3.05, 3.63) is 41.7 Å². The van der Waals surface area contributed by atoms with Crippen LogP contribution in [0.1, 0.15) is 23.3 Å². The molecule has 1 unspecified atom stereocenters. The fourth-order valence-corrected chi connectivity index (χ4v) is 5.30. The van der Waals surface area contributed by atoms with Crippen molar-refractivity contribution in [3.63, 3.8) is 0 Å². The van der Waals surface area contributed by atoms with E-state index in [0.29, 0.717) is 17.1 Å². The van der Waals surface area contributed by atoms with Gasteiger partial charge in [0.25, 0.3) is 5.91 Å². The number of nitrogens with two attached hydrogens (primary N) is 2. The average Bonchev–Trinajstić information content (AvgIpc) is 3.54. The molecule has 5 N–H and O–H groups in total. The lowest BCUT2D eigenvalue weighted by atomic mass is 10.1. The zero-order valence-corrected chi connectivity index (χ0v) is 20.5. The average molecular weight is 497 g/mol. The Morgan fingerprint density at radius 2 is 2.09 bits per heavy atom. The number of carbonyl (C=O) groups excluding carboxylic acids is 1. The molecule has 0 radical (unpaired) electrons. The number of morpholine rings is 1. The van der Waals surface area contributed by atoms with E-state index in [1.165, 1.54) is 11.3 Å². The Labute approximate surface area is 208 Å². The van der Waals surface area contributed by atoms with Crippen LogP contribution in [0.4, 0.5) is 17.1 Å². The molecule has 186 valence electrons. The molecule has 2 saturated heterocycles. The highest BCUT2D eigenvalue weighted by atomic mass is 32.1. The minimum atomic E-state index is -0.264. The summed E-state index contributed by atoms with van der Waals surface area (Å²) in [7, 11) is 0. The summed E-state index contributed by atoms with van der Waals surface area (Å²) in [6, 6.07) is 5.71. The normalized spacial score (nSPS) is 19.1. The molecule has 2 fully saturated rings. The van der Waals surface area contributed by atoms with Crippen molar-refractivity contribution in [2.45, 2.75) is 25.4 Å². The standard InChI is InChI=1S/C24H32N8O2S/c25-18-3-4-22(31-5-1-2-19(26)15-31)20(12-18)28-23(33)21-16-35-24(29-21)17-13-27-32(14-17)7-6-30-8-10-34-11-9-30/h3-4,12-14,16,19H,1-2,5-11,15,25-26H2,(H,28,33). The van der Waals surface area contributed by atoms with Crippen LogP contribution in [0, 0.1) is 0 Å². The first-order valence-corrected chi connectivity index (χ1v) is 12.9. The molecule has 5 rings (SSSR count). The third kappa shape index (κ3) is 5.81. The predicted octanol–water partition coefficient (Wildman–Crippen LogP) is 2.10. The fourth-order valence-electron chi connectivity index (χ4n) is 4.52. The Kier molecular flexibility index (Phi) is 7.28. The van der Waals surface area contributed by atoms with Crippen molar-refractivity contribution in [1.29, 1.82) is 0 Å². The first-order chi connectivity index (χ1) is 17.0. The predicted molar refractivity (Wildman–Crippen MR) is 139 cm³/mol. The third-order valence-electron chi connectivity index (χ3n) is 6.43. The summed E-state index contributed by atoms with van der Waals surface area (Å²) in [5.41, 5.74) is 15.7. The van der Waals surface area contributed by atoms with Crippen molar-refractivity contribution < 1.29 is 9.53 Å². The summed E-state index contributed by atoms with van der Waals surface area (Å²) in [5, 5.41) is 10.0. The largest absolute Gasteiger partial charge is 0.399 e. The van der Waals surface area contributed by atoms with Crippen LogP contribution < -0.4 is 21.7 Å². The van der Waals surface area contributed by atoms with E-state index in [9.17, 15) is 4.79 Å². The van der Waals surface area contributed by atoms with Gasteiger partial charge in [-0.15, -0.1) is 11.3 Å². The number of nitrogens with one attached hydrogen (secondary N) is 1. The van der Waals surface area contributed by atoms with E-state index in [4.69, 9.17) is 16.2 Å². The molecule has 10 nitrogen and oxygen atoms in total. The van der Waals surface area contributed by atoms with Crippen LogP contribution >= 0.6 is 11.3 Å². The Morgan fingerprint density at radius 3 is 2.91 bits per heavy atom. The van der Waals surface area contributed by atoms with Gasteiger partial charge in [0.1, 0.15) is 10.7 Å². The molecule has 0 spiro atoms. The summed E-state index contributed by atoms with van der Waals surface area (Å²) < 4.78 is 7.33. The molecule has 35 heavy (non-hydrogen) atoms. The first-order valence-electron chi connectivity index (χ1n) is 12.0. The summed E-state index contributed by atoms with van der Waals surface area (Å²) in [6.07, 6.45) is 5.82. The molecule has 2 aromatic heterocycles. The molecule has 4 heterocycles. The fraction of sp³-hybridized carbons (Fsp3) is 0.458. The van der Waals surface area contributed by atoms with Gasteiger partial charge < -0.3 is 26.4 Å². The van der Waals surface area contributed by atoms with E-state index in [-0.39, 0.29) is 11.9 Å². The van der Waals surface area contributed by atoms with Crippen LogP contribution in [0.2, 0.25) is 0 Å². The van der Waals surface area contributed by atoms with Gasteiger partial charge in [-0.25, -0.2) is 4.98 Å². The number of nitrogens with zero attached hydrogens (tertiary/aromatic N) is 5. The maximum absolute atomic E-state index is 13.1. The summed E-state index contributed by atoms with van der Waals surface area (Å²) in [4.78, 5) is 22.2. The van der Waals surface area contributed by atoms with Crippen molar-refractivity contribution in [3.8, 4) is 10.6 Å². The van der Waals surface area contributed by atoms with E-state index in [0.717, 1.165) is 81.6 Å². The second-order valence-corrected chi connectivity index (χ2v) is 9.92. The van der Waals surface area contributed by atoms with Crippen LogP contribution in [0.25, 0.3) is 10.6 Å². The van der Waals surface area contributed by atoms with E-state index in [1.54, 1.807) is 17.6 Å². The van der Waals surface area contributed by atoms with Crippen LogP contribution in [0.15, 0.2) is 36.0 Å². The number of ether oxygens (including phenoxy) is 1. The third-order valence-corrected chi connectivity index (χ3v) is 7.32. The van der Waals surface area contributed by atoms with Gasteiger partial charge in [0.15, 0.2) is 0 Å². The SMILES string of the molecule is Nc1ccc(N2CCCC(N)C2)c(NC(=O)c2csc(-c3cnn(CCN4CCOCC4)c3)n2)c1. The number of benzene rings is 1. The summed E-state index contributed by atoms with van der Waals surface area (Å²) >= 11 is 1.43. The van der Waals surface area contributed by atoms with E-state index in [2.05, 4.69) is 25.2 Å². The Balaban J connectivity index is 1.25. The number of anilines is 3. The molecule has 1 aromatic carbocycles. The highest BCUT2D eigenvalue weighted by molar-refractivity contribution is 7.13. The number of aromatic nitrogens is 3. The number of nitrogen functional groups attached to an aromatic ring is 1. The number of carbonyl (C=O) groups is 1. The number of amides is 1. The van der Waals surface area contributed by atoms with Crippen molar-refractivity contribution in [2.24, 2.45) is 5.73 Å². The zero-order chi connectivity index (χ0) is 24.2. The zero-order valence-electron chi connectivity index (χ0n) is 19.7. The van der Waals surface area contributed by atoms with Crippen LogP contribution in [-0.2, 0) is 11.3 Å². The van der Waals surface area contributed by atoms with Crippen LogP contribution in [-0.4, -0.2) is 77.6 Å². The van der Waals surface area contributed by atoms with E-state index >= 15 is 0 Å². The topological polar surface area (TPSA) is 128 Å². The van der Waals surface area contributed by atoms with Crippen molar-refractivity contribution in [1.82, 2.24) is 19.7 Å². The molecule has 1 atom stereocenters. The second-order valence-electron chi connectivity index (χ2n) is 9.06. The maximum atomic E-state index is 13.1. The minimum absolute atomic E-state index is 0.126. The maximum Gasteiger partial charge on any atom is 0.275 e. The highest BCUT2D eigenvalue weighted by Gasteiger charge is 2.21. The molecule has 2 aliphatic rings. The molecule has 0 bridgehead atoms. The van der Waals surface area contributed by atoms with Gasteiger partial charge in [0.05, 0.1) is 37.3 Å². The van der Waals surface area contributed by atoms with Crippen molar-refractivity contribution in [2.75, 3.05) is 61.9 Å². The monoisotopic (exact) mass is 496 g/mol. The Hall–Kier alpha value is -2.99. The second kappa shape index (κ2) is 10.7. The summed E-state index contributed by atoms with van der Waals surface area (Å²) in [6.45, 7) is 6.88. The van der Waals surface area contributed by atoms with Crippen molar-refractivity contribution >= 4 is 34.3 Å². The first kappa shape index (κ1) is 23.7. The number of rotatable bonds is 7. The number of piperidine rings is 1. The van der Waals surface area contributed by atoms with Gasteiger partial charge >= 0.3 is 0 Å². The molecule has 3 aromatic rings. The number of hydrogen-bond donors (Lipinski definition) is 3. The van der Waals surface area contributed by atoms with Gasteiger partial charge in [-0.05, 0) is 31.0 Å². The molecular weight excluding hydrogens is 464 g/mol. The van der Waals surface area contributed by atoms with E-state index in [1.807, 2.05) is 23.0 Å². The Morgan fingerprint density at radius 1 is 1.23 bits per heavy atom. The lowest BCUT2D eigenvalue weighted by Gasteiger charge is -2.34. The molecule has 0 aliphatic carbocycles. The van der Waals surface area contributed by atoms with Gasteiger partial charge in [-0.3, -0.25) is 14.4 Å². The molecule has 0 saturated carbocycles. The number of thiazole rings is 1. The van der Waals surface area contributed by atoms with Gasteiger partial charge in [-0.1, -0.05) is 0 Å². The van der Waals surface area contributed by atoms with Gasteiger partial charge in [0.2, 0.25) is 0 Å².